The van der Waals surface area contributed by atoms with Crippen molar-refractivity contribution in [2.75, 3.05) is 43.4 Å². The summed E-state index contributed by atoms with van der Waals surface area (Å²) in [6.07, 6.45) is -1.38. The second kappa shape index (κ2) is 28.8. The van der Waals surface area contributed by atoms with Crippen LogP contribution in [0.25, 0.3) is 44.6 Å². The highest BCUT2D eigenvalue weighted by Crippen LogP contribution is 2.38. The molecule has 0 unspecified atom stereocenters. The van der Waals surface area contributed by atoms with Crippen molar-refractivity contribution in [1.29, 1.82) is 0 Å². The highest BCUT2D eigenvalue weighted by atomic mass is 16.7. The van der Waals surface area contributed by atoms with Crippen LogP contribution in [0.5, 0.6) is 11.5 Å². The number of imidazole rings is 1. The molecule has 11 rings (SSSR count). The van der Waals surface area contributed by atoms with Crippen LogP contribution in [0.15, 0.2) is 83.6 Å². The summed E-state index contributed by atoms with van der Waals surface area (Å²) in [5, 5.41) is 54.7. The van der Waals surface area contributed by atoms with Gasteiger partial charge in [-0.25, -0.2) is 34.5 Å². The number of carbonyl (C=O) groups excluding carboxylic acids is 8. The number of aliphatic hydroxyl groups is 3. The number of imide groups is 1. The fourth-order valence-corrected chi connectivity index (χ4v) is 11.4. The number of aliphatic hydroxyl groups excluding tert-OH is 3. The standard InChI is InChI=1S/C64H68N16O18/c1-5-39-53(96-32(4)70-39)60(90)74-63-72-41-24-36(56(66)89)26-69-59(41)79(63)18-8-7-17-78-49-37(38-27-68-57(73-58(38)78)42-21-31(3)75-80(42)6-2)23-35(55(65)88)25-44(49)94-20-15-34-28-76(29-34)64(93)95-30-33-9-10-43(97-62-52(87)50(85)51(86)54(98-62)61(91)92)40(22-33)71-46(82)13-16-67-45(81)14-19-77-47(83)11-12-48(77)84/h7-12,21-27,34,50-52,54,62,85-87H,5-6,13-20,28-30H2,1-4H3,(H2,65,88)(H2,66,89)(H,67,81)(H,71,82)(H,91,92)(H,72,74,90)/b8-7+/t50-,51-,52+,54-,62+/m0/s1. The molecule has 2 fully saturated rings. The molecule has 5 atom stereocenters. The summed E-state index contributed by atoms with van der Waals surface area (Å²) in [5.41, 5.74) is 15.5. The van der Waals surface area contributed by atoms with E-state index in [1.165, 1.54) is 35.4 Å². The molecular weight excluding hydrogens is 1280 g/mol. The summed E-state index contributed by atoms with van der Waals surface area (Å²) in [4.78, 5) is 140. The van der Waals surface area contributed by atoms with E-state index in [-0.39, 0.29) is 111 Å². The van der Waals surface area contributed by atoms with Gasteiger partial charge in [-0.2, -0.15) is 5.10 Å². The van der Waals surface area contributed by atoms with Crippen molar-refractivity contribution < 1.29 is 86.9 Å². The lowest BCUT2D eigenvalue weighted by Gasteiger charge is -2.38. The van der Waals surface area contributed by atoms with Gasteiger partial charge in [-0.1, -0.05) is 25.1 Å². The molecule has 3 aliphatic heterocycles. The lowest BCUT2D eigenvalue weighted by molar-refractivity contribution is -0.271. The maximum absolute atomic E-state index is 13.7. The Morgan fingerprint density at radius 2 is 1.53 bits per heavy atom. The van der Waals surface area contributed by atoms with Crippen LogP contribution in [0.3, 0.4) is 0 Å². The number of anilines is 2. The van der Waals surface area contributed by atoms with E-state index < -0.39 is 84.1 Å². The number of amides is 8. The number of hydrogen-bond donors (Lipinski definition) is 9. The third-order valence-electron chi connectivity index (χ3n) is 16.4. The summed E-state index contributed by atoms with van der Waals surface area (Å²) in [6.45, 7) is 8.04. The summed E-state index contributed by atoms with van der Waals surface area (Å²) in [5.74, 6) is -5.22. The number of carboxylic acids is 1. The Morgan fingerprint density at radius 1 is 0.786 bits per heavy atom. The average molecular weight is 1350 g/mol. The Kier molecular flexibility index (Phi) is 20.0. The molecule has 6 aromatic heterocycles. The number of rotatable bonds is 27. The van der Waals surface area contributed by atoms with Gasteiger partial charge in [0.2, 0.25) is 41.6 Å². The van der Waals surface area contributed by atoms with Crippen molar-refractivity contribution in [2.24, 2.45) is 17.4 Å². The summed E-state index contributed by atoms with van der Waals surface area (Å²) in [6, 6.07) is 10.7. The maximum atomic E-state index is 13.7. The van der Waals surface area contributed by atoms with Gasteiger partial charge < -0.3 is 75.4 Å². The molecule has 0 spiro atoms. The first-order valence-electron chi connectivity index (χ1n) is 31.1. The van der Waals surface area contributed by atoms with E-state index in [4.69, 9.17) is 44.8 Å². The molecule has 11 N–H and O–H groups in total. The highest BCUT2D eigenvalue weighted by molar-refractivity contribution is 6.13. The highest BCUT2D eigenvalue weighted by Gasteiger charge is 2.48. The number of aliphatic carboxylic acids is 1. The Bertz CT molecular complexity index is 4550. The molecule has 0 bridgehead atoms. The van der Waals surface area contributed by atoms with E-state index in [1.54, 1.807) is 34.5 Å². The van der Waals surface area contributed by atoms with Gasteiger partial charge in [0.15, 0.2) is 23.5 Å². The minimum Gasteiger partial charge on any atom is -0.491 e. The second-order valence-electron chi connectivity index (χ2n) is 23.2. The van der Waals surface area contributed by atoms with Gasteiger partial charge in [0.05, 0.1) is 34.8 Å². The molecule has 2 saturated heterocycles. The van der Waals surface area contributed by atoms with E-state index in [1.807, 2.05) is 43.6 Å². The number of primary amides is 2. The topological polar surface area (TPSA) is 471 Å². The molecule has 512 valence electrons. The summed E-state index contributed by atoms with van der Waals surface area (Å²) < 4.78 is 34.3. The Morgan fingerprint density at radius 3 is 2.24 bits per heavy atom. The fraction of sp³-hybridized carbons (Fsp3) is 0.359. The zero-order chi connectivity index (χ0) is 69.8. The minimum atomic E-state index is -2.02. The van der Waals surface area contributed by atoms with E-state index >= 15 is 0 Å². The number of nitrogens with two attached hydrogens (primary N) is 2. The van der Waals surface area contributed by atoms with E-state index in [0.717, 1.165) is 22.7 Å². The third-order valence-corrected chi connectivity index (χ3v) is 16.4. The van der Waals surface area contributed by atoms with E-state index in [0.29, 0.717) is 81.4 Å². The minimum absolute atomic E-state index is 0.0202. The number of aromatic nitrogens is 9. The second-order valence-corrected chi connectivity index (χ2v) is 23.2. The Balaban J connectivity index is 0.780. The van der Waals surface area contributed by atoms with Gasteiger partial charge in [-0.05, 0) is 74.6 Å². The predicted octanol–water partition coefficient (Wildman–Crippen LogP) is 2.15. The summed E-state index contributed by atoms with van der Waals surface area (Å²) >= 11 is 0. The van der Waals surface area contributed by atoms with Crippen LogP contribution in [0, 0.1) is 19.8 Å². The van der Waals surface area contributed by atoms with Crippen LogP contribution in [-0.4, -0.2) is 191 Å². The molecule has 9 heterocycles. The zero-order valence-corrected chi connectivity index (χ0v) is 53.2. The number of aryl methyl sites for hydroxylation is 4. The first-order valence-corrected chi connectivity index (χ1v) is 31.1. The lowest BCUT2D eigenvalue weighted by Crippen LogP contribution is -2.61. The van der Waals surface area contributed by atoms with Crippen molar-refractivity contribution in [1.82, 2.24) is 59.0 Å². The SMILES string of the molecule is CCc1nc(C)oc1C(=O)Nc1nc2cc(C(N)=O)cnc2n1C/C=C/Cn1c2nc(-c3cc(C)nn3CC)ncc2c2cc(C(N)=O)cc(OCCC3CN(C(=O)OCc4ccc(O[C@@H]5O[C@H](C(=O)O)[C@@H](O)[C@H](O)[C@H]5O)c(NC(=O)CCNC(=O)CCN5C(=O)C=CC5=O)c4)C3)c21. The molecule has 0 radical (unpaired) electrons. The number of oxazole rings is 1. The molecule has 0 aliphatic carbocycles. The molecule has 34 nitrogen and oxygen atoms in total. The maximum Gasteiger partial charge on any atom is 0.410 e. The third kappa shape index (κ3) is 14.5. The number of pyridine rings is 1. The smallest absolute Gasteiger partial charge is 0.410 e. The van der Waals surface area contributed by atoms with Crippen LogP contribution in [-0.2, 0) is 66.1 Å². The number of benzene rings is 2. The summed E-state index contributed by atoms with van der Waals surface area (Å²) in [7, 11) is 0. The number of nitrogens with zero attached hydrogens (tertiary/aromatic N) is 11. The van der Waals surface area contributed by atoms with Gasteiger partial charge in [-0.3, -0.25) is 53.0 Å². The van der Waals surface area contributed by atoms with Crippen molar-refractivity contribution >= 4 is 98.1 Å². The van der Waals surface area contributed by atoms with Crippen LogP contribution < -0.4 is 36.9 Å². The van der Waals surface area contributed by atoms with Crippen LogP contribution in [0.2, 0.25) is 0 Å². The number of hydrogen-bond acceptors (Lipinski definition) is 23. The molecule has 8 amide bonds. The number of carboxylic acid groups (broad SMARTS) is 1. The first kappa shape index (κ1) is 67.9. The largest absolute Gasteiger partial charge is 0.491 e. The number of carbonyl (C=O) groups is 9. The van der Waals surface area contributed by atoms with Crippen LogP contribution >= 0.6 is 0 Å². The predicted molar refractivity (Wildman–Crippen MR) is 342 cm³/mol. The van der Waals surface area contributed by atoms with E-state index in [9.17, 15) is 63.6 Å². The van der Waals surface area contributed by atoms with Crippen LogP contribution in [0.1, 0.15) is 87.2 Å². The van der Waals surface area contributed by atoms with Gasteiger partial charge >= 0.3 is 12.1 Å². The molecule has 2 aromatic carbocycles. The fourth-order valence-electron chi connectivity index (χ4n) is 11.4. The van der Waals surface area contributed by atoms with Crippen LogP contribution in [0.4, 0.5) is 16.4 Å². The molecule has 8 aromatic rings. The van der Waals surface area contributed by atoms with Crippen molar-refractivity contribution in [3.8, 4) is 23.0 Å². The normalized spacial score (nSPS) is 17.8. The molecule has 34 heteroatoms. The van der Waals surface area contributed by atoms with Crippen molar-refractivity contribution in [3.63, 3.8) is 0 Å². The monoisotopic (exact) mass is 1350 g/mol. The molecular formula is C64H68N16O18. The number of allylic oxidation sites excluding steroid dienone is 2. The lowest BCUT2D eigenvalue weighted by atomic mass is 9.97. The average Bonchev–Trinajstić information content (AvgIpc) is 1.91. The van der Waals surface area contributed by atoms with Gasteiger partial charge in [0, 0.05) is 106 Å². The first-order chi connectivity index (χ1) is 47.0. The molecule has 3 aliphatic rings. The van der Waals surface area contributed by atoms with Crippen molar-refractivity contribution in [2.45, 2.75) is 110 Å². The Labute approximate surface area is 555 Å². The number of fused-ring (bicyclic) bond motifs is 4. The molecule has 0 saturated carbocycles. The van der Waals surface area contributed by atoms with Gasteiger partial charge in [-0.15, -0.1) is 0 Å². The Hall–Kier alpha value is -11.5. The molecule has 98 heavy (non-hydrogen) atoms. The van der Waals surface area contributed by atoms with Crippen molar-refractivity contribution in [3.05, 3.63) is 119 Å². The number of ether oxygens (including phenoxy) is 4. The number of nitrogens with one attached hydrogen (secondary N) is 3. The number of likely N-dealkylation sites (tertiary alicyclic amines) is 1. The van der Waals surface area contributed by atoms with Gasteiger partial charge in [0.25, 0.3) is 17.7 Å². The van der Waals surface area contributed by atoms with E-state index in [2.05, 4.69) is 36.0 Å². The quantitative estimate of drug-likeness (QED) is 0.0263. The van der Waals surface area contributed by atoms with Gasteiger partial charge in [0.1, 0.15) is 53.3 Å². The zero-order valence-electron chi connectivity index (χ0n) is 53.2.